The molecule has 2 aromatic rings. The van der Waals surface area contributed by atoms with Crippen molar-refractivity contribution in [2.75, 3.05) is 11.9 Å². The van der Waals surface area contributed by atoms with Crippen LogP contribution in [-0.4, -0.2) is 12.5 Å². The first-order chi connectivity index (χ1) is 10.7. The van der Waals surface area contributed by atoms with Gasteiger partial charge in [0.05, 0.1) is 0 Å². The van der Waals surface area contributed by atoms with E-state index in [0.29, 0.717) is 10.7 Å². The van der Waals surface area contributed by atoms with Crippen LogP contribution in [0.5, 0.6) is 5.75 Å². The van der Waals surface area contributed by atoms with Crippen LogP contribution in [0.3, 0.4) is 0 Å². The van der Waals surface area contributed by atoms with E-state index in [1.165, 1.54) is 24.0 Å². The number of aryl methyl sites for hydroxylation is 1. The Kier molecular flexibility index (Phi) is 4.64. The molecule has 0 heterocycles. The van der Waals surface area contributed by atoms with Crippen LogP contribution in [0.25, 0.3) is 0 Å². The van der Waals surface area contributed by atoms with Crippen molar-refractivity contribution in [3.8, 4) is 5.75 Å². The van der Waals surface area contributed by atoms with Crippen molar-refractivity contribution in [3.05, 3.63) is 58.6 Å². The Morgan fingerprint density at radius 2 is 1.86 bits per heavy atom. The van der Waals surface area contributed by atoms with Crippen molar-refractivity contribution in [2.24, 2.45) is 0 Å². The van der Waals surface area contributed by atoms with Gasteiger partial charge in [-0.25, -0.2) is 0 Å². The second kappa shape index (κ2) is 6.84. The molecule has 0 bridgehead atoms. The van der Waals surface area contributed by atoms with E-state index in [0.717, 1.165) is 18.6 Å². The third-order valence-corrected chi connectivity index (χ3v) is 4.09. The molecule has 1 amide bonds. The number of fused-ring (bicyclic) bond motifs is 1. The maximum atomic E-state index is 12.0. The molecule has 0 saturated heterocycles. The highest BCUT2D eigenvalue weighted by atomic mass is 35.5. The number of halogens is 1. The van der Waals surface area contributed by atoms with Gasteiger partial charge >= 0.3 is 0 Å². The number of benzene rings is 2. The van der Waals surface area contributed by atoms with Crippen LogP contribution in [0.1, 0.15) is 24.0 Å². The normalized spacial score (nSPS) is 13.3. The van der Waals surface area contributed by atoms with Gasteiger partial charge in [0.1, 0.15) is 5.75 Å². The van der Waals surface area contributed by atoms with Crippen LogP contribution in [-0.2, 0) is 17.6 Å². The lowest BCUT2D eigenvalue weighted by Crippen LogP contribution is -2.20. The first-order valence-electron chi connectivity index (χ1n) is 7.51. The van der Waals surface area contributed by atoms with Crippen molar-refractivity contribution < 1.29 is 9.53 Å². The number of carbonyl (C=O) groups excluding carboxylic acids is 1. The van der Waals surface area contributed by atoms with Crippen LogP contribution in [0.4, 0.5) is 5.69 Å². The summed E-state index contributed by atoms with van der Waals surface area (Å²) in [5.41, 5.74) is 3.32. The van der Waals surface area contributed by atoms with Gasteiger partial charge in [0.2, 0.25) is 0 Å². The fourth-order valence-corrected chi connectivity index (χ4v) is 2.88. The Morgan fingerprint density at radius 3 is 2.68 bits per heavy atom. The summed E-state index contributed by atoms with van der Waals surface area (Å²) in [4.78, 5) is 12.0. The number of anilines is 1. The molecule has 4 heteroatoms. The number of rotatable bonds is 4. The third-order valence-electron chi connectivity index (χ3n) is 3.84. The van der Waals surface area contributed by atoms with E-state index < -0.39 is 0 Å². The highest BCUT2D eigenvalue weighted by Crippen LogP contribution is 2.29. The van der Waals surface area contributed by atoms with Gasteiger partial charge in [-0.15, -0.1) is 0 Å². The lowest BCUT2D eigenvalue weighted by molar-refractivity contribution is -0.118. The maximum Gasteiger partial charge on any atom is 0.262 e. The summed E-state index contributed by atoms with van der Waals surface area (Å²) in [5.74, 6) is 0.666. The molecule has 3 nitrogen and oxygen atoms in total. The molecular formula is C18H18ClNO2. The van der Waals surface area contributed by atoms with E-state index in [1.54, 1.807) is 24.3 Å². The van der Waals surface area contributed by atoms with Crippen LogP contribution in [0.2, 0.25) is 5.02 Å². The van der Waals surface area contributed by atoms with Gasteiger partial charge in [0, 0.05) is 10.7 Å². The van der Waals surface area contributed by atoms with E-state index in [4.69, 9.17) is 16.3 Å². The summed E-state index contributed by atoms with van der Waals surface area (Å²) in [7, 11) is 0. The molecule has 0 unspecified atom stereocenters. The third kappa shape index (κ3) is 3.60. The Bertz CT molecular complexity index is 667. The molecule has 3 rings (SSSR count). The number of hydrogen-bond acceptors (Lipinski definition) is 2. The van der Waals surface area contributed by atoms with Crippen LogP contribution in [0.15, 0.2) is 42.5 Å². The molecule has 0 radical (unpaired) electrons. The van der Waals surface area contributed by atoms with Gasteiger partial charge in [0.25, 0.3) is 5.91 Å². The molecule has 114 valence electrons. The Balaban J connectivity index is 1.60. The molecule has 0 atom stereocenters. The van der Waals surface area contributed by atoms with Crippen molar-refractivity contribution >= 4 is 23.2 Å². The minimum atomic E-state index is -0.171. The zero-order chi connectivity index (χ0) is 15.4. The van der Waals surface area contributed by atoms with Crippen molar-refractivity contribution in [2.45, 2.75) is 25.7 Å². The fraction of sp³-hybridized carbons (Fsp3) is 0.278. The number of hydrogen-bond donors (Lipinski definition) is 1. The van der Waals surface area contributed by atoms with Crippen LogP contribution < -0.4 is 10.1 Å². The minimum Gasteiger partial charge on any atom is -0.483 e. The second-order valence-corrected chi connectivity index (χ2v) is 5.88. The number of ether oxygens (including phenoxy) is 1. The Labute approximate surface area is 135 Å². The molecule has 0 aromatic heterocycles. The summed E-state index contributed by atoms with van der Waals surface area (Å²) < 4.78 is 5.72. The Morgan fingerprint density at radius 1 is 1.09 bits per heavy atom. The van der Waals surface area contributed by atoms with E-state index >= 15 is 0 Å². The molecule has 1 aliphatic rings. The highest BCUT2D eigenvalue weighted by molar-refractivity contribution is 6.30. The molecule has 1 N–H and O–H groups in total. The average Bonchev–Trinajstić information content (AvgIpc) is 2.55. The predicted molar refractivity (Wildman–Crippen MR) is 88.7 cm³/mol. The lowest BCUT2D eigenvalue weighted by atomic mass is 9.91. The summed E-state index contributed by atoms with van der Waals surface area (Å²) >= 11 is 5.82. The topological polar surface area (TPSA) is 38.3 Å². The average molecular weight is 316 g/mol. The lowest BCUT2D eigenvalue weighted by Gasteiger charge is -2.19. The van der Waals surface area contributed by atoms with E-state index in [1.807, 2.05) is 12.1 Å². The second-order valence-electron chi connectivity index (χ2n) is 5.44. The molecule has 0 spiro atoms. The largest absolute Gasteiger partial charge is 0.483 e. The molecule has 0 aliphatic heterocycles. The van der Waals surface area contributed by atoms with Gasteiger partial charge in [-0.1, -0.05) is 23.7 Å². The van der Waals surface area contributed by atoms with E-state index in [9.17, 15) is 4.79 Å². The summed E-state index contributed by atoms with van der Waals surface area (Å²) in [6, 6.07) is 13.1. The number of carbonyl (C=O) groups is 1. The van der Waals surface area contributed by atoms with Gasteiger partial charge in [0.15, 0.2) is 6.61 Å². The van der Waals surface area contributed by atoms with Crippen LogP contribution >= 0.6 is 11.6 Å². The fourth-order valence-electron chi connectivity index (χ4n) is 2.76. The van der Waals surface area contributed by atoms with Gasteiger partial charge < -0.3 is 10.1 Å². The quantitative estimate of drug-likeness (QED) is 0.916. The van der Waals surface area contributed by atoms with Crippen molar-refractivity contribution in [1.29, 1.82) is 0 Å². The van der Waals surface area contributed by atoms with Gasteiger partial charge in [-0.2, -0.15) is 0 Å². The van der Waals surface area contributed by atoms with Crippen molar-refractivity contribution in [3.63, 3.8) is 0 Å². The minimum absolute atomic E-state index is 0.0130. The Hall–Kier alpha value is -2.00. The number of nitrogens with one attached hydrogen (secondary N) is 1. The zero-order valence-electron chi connectivity index (χ0n) is 12.3. The molecule has 1 aliphatic carbocycles. The van der Waals surface area contributed by atoms with Gasteiger partial charge in [-0.3, -0.25) is 4.79 Å². The molecular weight excluding hydrogens is 298 g/mol. The van der Waals surface area contributed by atoms with Crippen LogP contribution in [0, 0.1) is 0 Å². The molecule has 0 saturated carbocycles. The van der Waals surface area contributed by atoms with E-state index in [-0.39, 0.29) is 12.5 Å². The number of amides is 1. The highest BCUT2D eigenvalue weighted by Gasteiger charge is 2.14. The summed E-state index contributed by atoms with van der Waals surface area (Å²) in [6.07, 6.45) is 4.55. The van der Waals surface area contributed by atoms with Crippen molar-refractivity contribution in [1.82, 2.24) is 0 Å². The standard InChI is InChI=1S/C18H18ClNO2/c19-14-8-10-15(11-9-14)20-18(21)12-22-17-7-3-5-13-4-1-2-6-16(13)17/h3,5,7-11H,1-2,4,6,12H2,(H,20,21). The molecule has 22 heavy (non-hydrogen) atoms. The zero-order valence-corrected chi connectivity index (χ0v) is 13.0. The summed E-state index contributed by atoms with van der Waals surface area (Å²) in [6.45, 7) is 0.0130. The first-order valence-corrected chi connectivity index (χ1v) is 7.89. The first kappa shape index (κ1) is 14.9. The predicted octanol–water partition coefficient (Wildman–Crippen LogP) is 4.24. The van der Waals surface area contributed by atoms with Gasteiger partial charge in [-0.05, 0) is 67.1 Å². The SMILES string of the molecule is O=C(COc1cccc2c1CCCC2)Nc1ccc(Cl)cc1. The maximum absolute atomic E-state index is 12.0. The molecule has 2 aromatic carbocycles. The monoisotopic (exact) mass is 315 g/mol. The molecule has 0 fully saturated rings. The smallest absolute Gasteiger partial charge is 0.262 e. The van der Waals surface area contributed by atoms with E-state index in [2.05, 4.69) is 11.4 Å². The summed E-state index contributed by atoms with van der Waals surface area (Å²) in [5, 5.41) is 3.44.